The third-order valence-corrected chi connectivity index (χ3v) is 3.08. The Kier molecular flexibility index (Phi) is 6.19. The third kappa shape index (κ3) is 5.01. The molecule has 6 nitrogen and oxygen atoms in total. The normalized spacial score (nSPS) is 10.6. The fourth-order valence-corrected chi connectivity index (χ4v) is 1.97. The smallest absolute Gasteiger partial charge is 0.277 e. The molecule has 0 aliphatic carbocycles. The average molecular weight is 328 g/mol. The number of carbonyl (C=O) groups excluding carboxylic acids is 1. The van der Waals surface area contributed by atoms with Gasteiger partial charge in [-0.2, -0.15) is 5.10 Å². The molecule has 0 saturated heterocycles. The summed E-state index contributed by atoms with van der Waals surface area (Å²) in [6, 6.07) is 12.3. The van der Waals surface area contributed by atoms with Gasteiger partial charge in [0.25, 0.3) is 5.91 Å². The van der Waals surface area contributed by atoms with Crippen LogP contribution in [-0.2, 0) is 4.79 Å². The van der Waals surface area contributed by atoms with Crippen LogP contribution in [0.4, 0.5) is 0 Å². The first kappa shape index (κ1) is 17.3. The summed E-state index contributed by atoms with van der Waals surface area (Å²) in [6.07, 6.45) is 1.38. The highest BCUT2D eigenvalue weighted by Crippen LogP contribution is 2.26. The average Bonchev–Trinajstić information content (AvgIpc) is 2.57. The number of hydrogen-bond acceptors (Lipinski definition) is 5. The molecule has 0 bridgehead atoms. The second kappa shape index (κ2) is 8.57. The Bertz CT molecular complexity index is 729. The molecule has 0 aliphatic heterocycles. The first-order valence-corrected chi connectivity index (χ1v) is 7.56. The fourth-order valence-electron chi connectivity index (χ4n) is 1.97. The quantitative estimate of drug-likeness (QED) is 0.605. The highest BCUT2D eigenvalue weighted by molar-refractivity contribution is 5.85. The number of amides is 1. The van der Waals surface area contributed by atoms with E-state index >= 15 is 0 Å². The molecule has 0 atom stereocenters. The van der Waals surface area contributed by atoms with Crippen molar-refractivity contribution in [2.45, 2.75) is 13.8 Å². The third-order valence-electron chi connectivity index (χ3n) is 3.08. The van der Waals surface area contributed by atoms with Crippen LogP contribution < -0.4 is 14.9 Å². The van der Waals surface area contributed by atoms with Crippen molar-refractivity contribution < 1.29 is 19.4 Å². The van der Waals surface area contributed by atoms with Gasteiger partial charge in [0.2, 0.25) is 0 Å². The van der Waals surface area contributed by atoms with Crippen LogP contribution in [0.1, 0.15) is 18.1 Å². The standard InChI is InChI=1S/C18H20N2O4/c1-3-23-16-6-4-5-7-17(16)24-12-18(22)20-19-11-14-10-13(2)8-9-15(14)21/h4-11,21H,3,12H2,1-2H3,(H,20,22)/b19-11-. The number of carbonyl (C=O) groups is 1. The summed E-state index contributed by atoms with van der Waals surface area (Å²) in [4.78, 5) is 11.8. The van der Waals surface area contributed by atoms with Gasteiger partial charge in [-0.3, -0.25) is 4.79 Å². The molecule has 126 valence electrons. The molecule has 0 aromatic heterocycles. The molecule has 0 radical (unpaired) electrons. The molecule has 1 amide bonds. The van der Waals surface area contributed by atoms with Crippen molar-refractivity contribution in [3.63, 3.8) is 0 Å². The van der Waals surface area contributed by atoms with E-state index in [0.29, 0.717) is 23.7 Å². The number of phenols is 1. The van der Waals surface area contributed by atoms with Crippen molar-refractivity contribution in [3.05, 3.63) is 53.6 Å². The van der Waals surface area contributed by atoms with E-state index in [2.05, 4.69) is 10.5 Å². The molecule has 0 unspecified atom stereocenters. The second-order valence-corrected chi connectivity index (χ2v) is 5.02. The number of nitrogens with zero attached hydrogens (tertiary/aromatic N) is 1. The number of nitrogens with one attached hydrogen (secondary N) is 1. The minimum atomic E-state index is -0.412. The minimum Gasteiger partial charge on any atom is -0.507 e. The monoisotopic (exact) mass is 328 g/mol. The van der Waals surface area contributed by atoms with Gasteiger partial charge in [0, 0.05) is 5.56 Å². The maximum atomic E-state index is 11.8. The Morgan fingerprint density at radius 3 is 2.62 bits per heavy atom. The van der Waals surface area contributed by atoms with E-state index in [-0.39, 0.29) is 12.4 Å². The number of rotatable bonds is 7. The van der Waals surface area contributed by atoms with E-state index in [0.717, 1.165) is 5.56 Å². The highest BCUT2D eigenvalue weighted by Gasteiger charge is 2.06. The van der Waals surface area contributed by atoms with Crippen LogP contribution in [0, 0.1) is 6.92 Å². The lowest BCUT2D eigenvalue weighted by Crippen LogP contribution is -2.24. The lowest BCUT2D eigenvalue weighted by molar-refractivity contribution is -0.123. The summed E-state index contributed by atoms with van der Waals surface area (Å²) in [5.74, 6) is 0.765. The summed E-state index contributed by atoms with van der Waals surface area (Å²) in [7, 11) is 0. The van der Waals surface area contributed by atoms with Crippen LogP contribution >= 0.6 is 0 Å². The Morgan fingerprint density at radius 1 is 1.21 bits per heavy atom. The van der Waals surface area contributed by atoms with Crippen molar-refractivity contribution in [2.75, 3.05) is 13.2 Å². The highest BCUT2D eigenvalue weighted by atomic mass is 16.5. The Hall–Kier alpha value is -3.02. The number of aryl methyl sites for hydroxylation is 1. The van der Waals surface area contributed by atoms with E-state index in [9.17, 15) is 9.90 Å². The van der Waals surface area contributed by atoms with E-state index in [1.54, 1.807) is 36.4 Å². The molecular formula is C18H20N2O4. The SMILES string of the molecule is CCOc1ccccc1OCC(=O)N/N=C\c1cc(C)ccc1O. The topological polar surface area (TPSA) is 80.2 Å². The van der Waals surface area contributed by atoms with Crippen molar-refractivity contribution in [1.82, 2.24) is 5.43 Å². The van der Waals surface area contributed by atoms with Gasteiger partial charge in [0.1, 0.15) is 5.75 Å². The molecular weight excluding hydrogens is 308 g/mol. The summed E-state index contributed by atoms with van der Waals surface area (Å²) in [5, 5.41) is 13.5. The van der Waals surface area contributed by atoms with Crippen molar-refractivity contribution in [3.8, 4) is 17.2 Å². The van der Waals surface area contributed by atoms with E-state index in [1.807, 2.05) is 19.9 Å². The van der Waals surface area contributed by atoms with Crippen molar-refractivity contribution in [1.29, 1.82) is 0 Å². The summed E-state index contributed by atoms with van der Waals surface area (Å²) >= 11 is 0. The Labute approximate surface area is 140 Å². The molecule has 0 saturated carbocycles. The maximum Gasteiger partial charge on any atom is 0.277 e. The predicted molar refractivity (Wildman–Crippen MR) is 91.7 cm³/mol. The van der Waals surface area contributed by atoms with E-state index in [1.165, 1.54) is 6.21 Å². The van der Waals surface area contributed by atoms with Gasteiger partial charge in [-0.25, -0.2) is 5.43 Å². The summed E-state index contributed by atoms with van der Waals surface area (Å²) in [5.41, 5.74) is 3.86. The molecule has 0 spiro atoms. The van der Waals surface area contributed by atoms with Gasteiger partial charge in [0.05, 0.1) is 12.8 Å². The van der Waals surface area contributed by atoms with Crippen LogP contribution in [0.15, 0.2) is 47.6 Å². The van der Waals surface area contributed by atoms with Crippen LogP contribution in [0.25, 0.3) is 0 Å². The number of aromatic hydroxyl groups is 1. The van der Waals surface area contributed by atoms with Crippen molar-refractivity contribution in [2.24, 2.45) is 5.10 Å². The number of phenolic OH excluding ortho intramolecular Hbond substituents is 1. The molecule has 6 heteroatoms. The second-order valence-electron chi connectivity index (χ2n) is 5.02. The van der Waals surface area contributed by atoms with Crippen LogP contribution in [0.2, 0.25) is 0 Å². The lowest BCUT2D eigenvalue weighted by Gasteiger charge is -2.10. The molecule has 2 N–H and O–H groups in total. The number of ether oxygens (including phenoxy) is 2. The lowest BCUT2D eigenvalue weighted by atomic mass is 10.1. The molecule has 24 heavy (non-hydrogen) atoms. The van der Waals surface area contributed by atoms with Crippen LogP contribution in [-0.4, -0.2) is 30.4 Å². The number of para-hydroxylation sites is 2. The minimum absolute atomic E-state index is 0.0977. The number of hydrazone groups is 1. The molecule has 0 heterocycles. The first-order valence-electron chi connectivity index (χ1n) is 7.56. The zero-order valence-electron chi connectivity index (χ0n) is 13.7. The largest absolute Gasteiger partial charge is 0.507 e. The predicted octanol–water partition coefficient (Wildman–Crippen LogP) is 2.63. The zero-order valence-corrected chi connectivity index (χ0v) is 13.7. The molecule has 2 aromatic rings. The van der Waals surface area contributed by atoms with Gasteiger partial charge in [-0.1, -0.05) is 23.8 Å². The molecule has 0 aliphatic rings. The van der Waals surface area contributed by atoms with Crippen molar-refractivity contribution >= 4 is 12.1 Å². The van der Waals surface area contributed by atoms with E-state index < -0.39 is 5.91 Å². The van der Waals surface area contributed by atoms with Gasteiger partial charge >= 0.3 is 0 Å². The summed E-state index contributed by atoms with van der Waals surface area (Å²) in [6.45, 7) is 4.09. The van der Waals surface area contributed by atoms with Gasteiger partial charge < -0.3 is 14.6 Å². The first-order chi connectivity index (χ1) is 11.6. The fraction of sp³-hybridized carbons (Fsp3) is 0.222. The Balaban J connectivity index is 1.88. The van der Waals surface area contributed by atoms with Gasteiger partial charge in [-0.05, 0) is 38.1 Å². The molecule has 0 fully saturated rings. The zero-order chi connectivity index (χ0) is 17.4. The van der Waals surface area contributed by atoms with Crippen LogP contribution in [0.5, 0.6) is 17.2 Å². The van der Waals surface area contributed by atoms with Crippen LogP contribution in [0.3, 0.4) is 0 Å². The maximum absolute atomic E-state index is 11.8. The number of benzene rings is 2. The summed E-state index contributed by atoms with van der Waals surface area (Å²) < 4.78 is 10.9. The Morgan fingerprint density at radius 2 is 1.92 bits per heavy atom. The molecule has 2 rings (SSSR count). The van der Waals surface area contributed by atoms with Gasteiger partial charge in [-0.15, -0.1) is 0 Å². The van der Waals surface area contributed by atoms with E-state index in [4.69, 9.17) is 9.47 Å². The van der Waals surface area contributed by atoms with Gasteiger partial charge in [0.15, 0.2) is 18.1 Å². The molecule has 2 aromatic carbocycles. The number of hydrogen-bond donors (Lipinski definition) is 2.